The van der Waals surface area contributed by atoms with Crippen LogP contribution in [-0.2, 0) is 28.4 Å². The van der Waals surface area contributed by atoms with Crippen LogP contribution in [0.5, 0.6) is 0 Å². The molecule has 0 radical (unpaired) electrons. The number of unbranched alkanes of at least 4 members (excludes halogenated alkanes) is 5. The predicted octanol–water partition coefficient (Wildman–Crippen LogP) is 4.20. The summed E-state index contributed by atoms with van der Waals surface area (Å²) in [6, 6.07) is 0. The second kappa shape index (κ2) is 23.8. The summed E-state index contributed by atoms with van der Waals surface area (Å²) in [6.07, 6.45) is 8.33. The summed E-state index contributed by atoms with van der Waals surface area (Å²) < 4.78 is 33.2. The van der Waals surface area contributed by atoms with Crippen molar-refractivity contribution >= 4 is 0 Å². The van der Waals surface area contributed by atoms with E-state index in [2.05, 4.69) is 6.92 Å². The van der Waals surface area contributed by atoms with E-state index in [1.54, 1.807) is 0 Å². The third kappa shape index (κ3) is 21.9. The Morgan fingerprint density at radius 1 is 0.481 bits per heavy atom. The summed E-state index contributed by atoms with van der Waals surface area (Å²) in [5.74, 6) is 0. The lowest BCUT2D eigenvalue weighted by molar-refractivity contribution is -0.162. The third-order valence-electron chi connectivity index (χ3n) is 4.01. The topological polar surface area (TPSA) is 55.4 Å². The van der Waals surface area contributed by atoms with Crippen molar-refractivity contribution in [3.05, 3.63) is 0 Å². The molecule has 0 atom stereocenters. The van der Waals surface area contributed by atoms with Gasteiger partial charge in [0.25, 0.3) is 0 Å². The fourth-order valence-corrected chi connectivity index (χ4v) is 2.51. The summed E-state index contributed by atoms with van der Waals surface area (Å²) in [7, 11) is 0. The van der Waals surface area contributed by atoms with Gasteiger partial charge in [-0.2, -0.15) is 0 Å². The molecule has 6 heteroatoms. The van der Waals surface area contributed by atoms with Gasteiger partial charge in [-0.3, -0.25) is 0 Å². The van der Waals surface area contributed by atoms with Crippen LogP contribution in [0.1, 0.15) is 65.7 Å². The molecule has 0 aromatic carbocycles. The molecule has 0 aliphatic carbocycles. The van der Waals surface area contributed by atoms with Gasteiger partial charge < -0.3 is 28.4 Å². The van der Waals surface area contributed by atoms with Gasteiger partial charge in [-0.15, -0.1) is 0 Å². The standard InChI is InChI=1S/C21H44O6/c1-4-7-8-9-10-11-12-21(26-19-17-24-15-13-22-5-2)27-20-18-25-16-14-23-6-3/h21H,4-20H2,1-3H3. The lowest BCUT2D eigenvalue weighted by Gasteiger charge is -2.19. The molecule has 0 unspecified atom stereocenters. The maximum atomic E-state index is 5.85. The van der Waals surface area contributed by atoms with Gasteiger partial charge in [0, 0.05) is 13.2 Å². The summed E-state index contributed by atoms with van der Waals surface area (Å²) in [5, 5.41) is 0. The second-order valence-corrected chi connectivity index (χ2v) is 6.35. The maximum Gasteiger partial charge on any atom is 0.157 e. The van der Waals surface area contributed by atoms with Crippen LogP contribution in [0.25, 0.3) is 0 Å². The fourth-order valence-electron chi connectivity index (χ4n) is 2.51. The molecule has 0 saturated heterocycles. The number of rotatable bonds is 23. The molecule has 0 N–H and O–H groups in total. The maximum absolute atomic E-state index is 5.85. The van der Waals surface area contributed by atoms with Crippen molar-refractivity contribution < 1.29 is 28.4 Å². The number of hydrogen-bond donors (Lipinski definition) is 0. The second-order valence-electron chi connectivity index (χ2n) is 6.35. The van der Waals surface area contributed by atoms with Crippen LogP contribution < -0.4 is 0 Å². The van der Waals surface area contributed by atoms with Gasteiger partial charge in [0.05, 0.1) is 52.9 Å². The molecule has 0 aliphatic rings. The lowest BCUT2D eigenvalue weighted by atomic mass is 10.1. The molecule has 0 spiro atoms. The van der Waals surface area contributed by atoms with Gasteiger partial charge >= 0.3 is 0 Å². The van der Waals surface area contributed by atoms with Crippen molar-refractivity contribution in [3.8, 4) is 0 Å². The van der Waals surface area contributed by atoms with Gasteiger partial charge in [0.15, 0.2) is 6.29 Å². The molecule has 0 bridgehead atoms. The van der Waals surface area contributed by atoms with E-state index in [0.717, 1.165) is 26.1 Å². The number of ether oxygens (including phenoxy) is 6. The molecule has 0 aromatic rings. The van der Waals surface area contributed by atoms with E-state index in [1.165, 1.54) is 32.1 Å². The Morgan fingerprint density at radius 2 is 0.926 bits per heavy atom. The zero-order valence-corrected chi connectivity index (χ0v) is 18.0. The lowest BCUT2D eigenvalue weighted by Crippen LogP contribution is -2.22. The zero-order valence-electron chi connectivity index (χ0n) is 18.0. The summed E-state index contributed by atoms with van der Waals surface area (Å²) in [6.45, 7) is 12.3. The first-order valence-corrected chi connectivity index (χ1v) is 10.9. The number of hydrogen-bond acceptors (Lipinski definition) is 6. The average Bonchev–Trinajstić information content (AvgIpc) is 2.68. The van der Waals surface area contributed by atoms with Crippen molar-refractivity contribution in [1.82, 2.24) is 0 Å². The van der Waals surface area contributed by atoms with Gasteiger partial charge in [-0.05, 0) is 26.7 Å². The van der Waals surface area contributed by atoms with Crippen LogP contribution in [0.15, 0.2) is 0 Å². The van der Waals surface area contributed by atoms with Crippen LogP contribution in [0.3, 0.4) is 0 Å². The van der Waals surface area contributed by atoms with E-state index in [-0.39, 0.29) is 6.29 Å². The highest BCUT2D eigenvalue weighted by molar-refractivity contribution is 4.50. The Labute approximate surface area is 167 Å². The zero-order chi connectivity index (χ0) is 19.8. The van der Waals surface area contributed by atoms with E-state index < -0.39 is 0 Å². The van der Waals surface area contributed by atoms with E-state index in [4.69, 9.17) is 28.4 Å². The summed E-state index contributed by atoms with van der Waals surface area (Å²) in [5.41, 5.74) is 0. The van der Waals surface area contributed by atoms with Crippen molar-refractivity contribution in [1.29, 1.82) is 0 Å². The molecule has 0 saturated carbocycles. The molecule has 164 valence electrons. The first-order chi connectivity index (χ1) is 13.3. The van der Waals surface area contributed by atoms with E-state index in [1.807, 2.05) is 13.8 Å². The Bertz CT molecular complexity index is 247. The van der Waals surface area contributed by atoms with E-state index in [0.29, 0.717) is 52.9 Å². The fraction of sp³-hybridized carbons (Fsp3) is 1.00. The smallest absolute Gasteiger partial charge is 0.157 e. The van der Waals surface area contributed by atoms with Gasteiger partial charge in [0.1, 0.15) is 0 Å². The van der Waals surface area contributed by atoms with E-state index in [9.17, 15) is 0 Å². The van der Waals surface area contributed by atoms with Crippen LogP contribution in [0.4, 0.5) is 0 Å². The minimum absolute atomic E-state index is 0.179. The Hall–Kier alpha value is -0.240. The minimum Gasteiger partial charge on any atom is -0.379 e. The SMILES string of the molecule is CCCCCCCCC(OCCOCCOCC)OCCOCCOCC. The van der Waals surface area contributed by atoms with E-state index >= 15 is 0 Å². The molecule has 0 aliphatic heterocycles. The molecular weight excluding hydrogens is 348 g/mol. The van der Waals surface area contributed by atoms with Gasteiger partial charge in [-0.25, -0.2) is 0 Å². The largest absolute Gasteiger partial charge is 0.379 e. The normalized spacial score (nSPS) is 11.6. The first kappa shape index (κ1) is 26.8. The molecular formula is C21H44O6. The Morgan fingerprint density at radius 3 is 1.44 bits per heavy atom. The Kier molecular flexibility index (Phi) is 23.6. The average molecular weight is 393 g/mol. The van der Waals surface area contributed by atoms with Crippen LogP contribution >= 0.6 is 0 Å². The van der Waals surface area contributed by atoms with Crippen molar-refractivity contribution in [2.75, 3.05) is 66.1 Å². The third-order valence-corrected chi connectivity index (χ3v) is 4.01. The van der Waals surface area contributed by atoms with Gasteiger partial charge in [-0.1, -0.05) is 39.0 Å². The predicted molar refractivity (Wildman–Crippen MR) is 108 cm³/mol. The summed E-state index contributed by atoms with van der Waals surface area (Å²) in [4.78, 5) is 0. The van der Waals surface area contributed by atoms with Crippen LogP contribution in [-0.4, -0.2) is 72.4 Å². The molecule has 27 heavy (non-hydrogen) atoms. The first-order valence-electron chi connectivity index (χ1n) is 10.9. The van der Waals surface area contributed by atoms with Crippen molar-refractivity contribution in [2.24, 2.45) is 0 Å². The molecule has 0 heterocycles. The van der Waals surface area contributed by atoms with Crippen molar-refractivity contribution in [3.63, 3.8) is 0 Å². The highest BCUT2D eigenvalue weighted by Gasteiger charge is 2.09. The molecule has 0 amide bonds. The summed E-state index contributed by atoms with van der Waals surface area (Å²) >= 11 is 0. The van der Waals surface area contributed by atoms with Gasteiger partial charge in [0.2, 0.25) is 0 Å². The quantitative estimate of drug-likeness (QED) is 0.192. The van der Waals surface area contributed by atoms with Crippen LogP contribution in [0, 0.1) is 0 Å². The minimum atomic E-state index is -0.179. The molecule has 0 rings (SSSR count). The highest BCUT2D eigenvalue weighted by Crippen LogP contribution is 2.11. The molecule has 0 fully saturated rings. The van der Waals surface area contributed by atoms with Crippen LogP contribution in [0.2, 0.25) is 0 Å². The molecule has 6 nitrogen and oxygen atoms in total. The monoisotopic (exact) mass is 392 g/mol. The molecule has 0 aromatic heterocycles. The Balaban J connectivity index is 3.78. The highest BCUT2D eigenvalue weighted by atomic mass is 16.7. The van der Waals surface area contributed by atoms with Crippen molar-refractivity contribution in [2.45, 2.75) is 72.0 Å².